The first-order valence-corrected chi connectivity index (χ1v) is 12.5. The van der Waals surface area contributed by atoms with Gasteiger partial charge in [0.1, 0.15) is 18.0 Å². The number of carbonyl (C=O) groups excluding carboxylic acids is 3. The second-order valence-corrected chi connectivity index (χ2v) is 9.60. The summed E-state index contributed by atoms with van der Waals surface area (Å²) in [5.74, 6) is -0.955. The molecule has 1 saturated heterocycles. The Balaban J connectivity index is 1.24. The Labute approximate surface area is 219 Å². The van der Waals surface area contributed by atoms with Crippen molar-refractivity contribution in [2.75, 3.05) is 6.61 Å². The van der Waals surface area contributed by atoms with Crippen molar-refractivity contribution in [2.24, 2.45) is 11.8 Å². The molecule has 0 bridgehead atoms. The molecule has 4 unspecified atom stereocenters. The number of rotatable bonds is 8. The van der Waals surface area contributed by atoms with Crippen LogP contribution in [-0.2, 0) is 19.1 Å². The lowest BCUT2D eigenvalue weighted by Gasteiger charge is -2.20. The monoisotopic (exact) mass is 516 g/mol. The first-order chi connectivity index (χ1) is 18.0. The van der Waals surface area contributed by atoms with E-state index < -0.39 is 12.1 Å². The van der Waals surface area contributed by atoms with Crippen molar-refractivity contribution < 1.29 is 28.6 Å². The minimum atomic E-state index is -0.512. The van der Waals surface area contributed by atoms with Crippen LogP contribution in [0.15, 0.2) is 91.0 Å². The molecule has 1 aliphatic heterocycles. The van der Waals surface area contributed by atoms with Crippen LogP contribution in [0.1, 0.15) is 23.2 Å². The van der Waals surface area contributed by atoms with Gasteiger partial charge >= 0.3 is 11.9 Å². The van der Waals surface area contributed by atoms with E-state index in [-0.39, 0.29) is 42.7 Å². The molecule has 1 heterocycles. The number of hydrogen-bond donors (Lipinski definition) is 0. The molecule has 5 rings (SSSR count). The maximum atomic E-state index is 13.0. The fraction of sp³-hybridized carbons (Fsp3) is 0.233. The van der Waals surface area contributed by atoms with Crippen molar-refractivity contribution in [2.45, 2.75) is 25.0 Å². The lowest BCUT2D eigenvalue weighted by molar-refractivity contribution is -0.141. The lowest BCUT2D eigenvalue weighted by Crippen LogP contribution is -2.25. The molecule has 37 heavy (non-hydrogen) atoms. The molecule has 0 aromatic heterocycles. The van der Waals surface area contributed by atoms with Gasteiger partial charge in [-0.05, 0) is 47.5 Å². The molecule has 0 spiro atoms. The SMILES string of the molecule is O=C(/C=C/C1C(OC(=O)c2ccc(-c3ccccc3)cc2)CC2OC(=O)CC21)COc1cccc(Cl)c1. The number of halogens is 1. The zero-order valence-corrected chi connectivity index (χ0v) is 20.7. The van der Waals surface area contributed by atoms with E-state index in [4.69, 9.17) is 25.8 Å². The second kappa shape index (κ2) is 11.0. The number of ether oxygens (including phenoxy) is 3. The van der Waals surface area contributed by atoms with Gasteiger partial charge in [-0.1, -0.05) is 66.2 Å². The number of hydrogen-bond acceptors (Lipinski definition) is 6. The molecule has 7 heteroatoms. The van der Waals surface area contributed by atoms with E-state index in [0.717, 1.165) is 11.1 Å². The number of carbonyl (C=O) groups is 3. The molecule has 0 radical (unpaired) electrons. The van der Waals surface area contributed by atoms with Gasteiger partial charge in [0.2, 0.25) is 0 Å². The molecule has 0 N–H and O–H groups in total. The first kappa shape index (κ1) is 24.8. The maximum absolute atomic E-state index is 13.0. The van der Waals surface area contributed by atoms with Crippen LogP contribution in [0.25, 0.3) is 11.1 Å². The van der Waals surface area contributed by atoms with E-state index in [1.807, 2.05) is 42.5 Å². The molecule has 3 aromatic rings. The van der Waals surface area contributed by atoms with Crippen molar-refractivity contribution in [1.82, 2.24) is 0 Å². The van der Waals surface area contributed by atoms with E-state index in [9.17, 15) is 14.4 Å². The highest BCUT2D eigenvalue weighted by Gasteiger charge is 2.50. The molecular formula is C30H25ClO6. The standard InChI is InChI=1S/C30H25ClO6/c31-22-7-4-8-24(15-22)35-18-23(32)13-14-25-26-16-29(33)36-28(26)17-27(25)37-30(34)21-11-9-20(10-12-21)19-5-2-1-3-6-19/h1-15,25-28H,16-18H2/b14-13+. The van der Waals surface area contributed by atoms with Crippen LogP contribution in [0.2, 0.25) is 5.02 Å². The Morgan fingerprint density at radius 1 is 0.973 bits per heavy atom. The number of fused-ring (bicyclic) bond motifs is 1. The van der Waals surface area contributed by atoms with Gasteiger partial charge in [0.25, 0.3) is 0 Å². The lowest BCUT2D eigenvalue weighted by atomic mass is 9.91. The highest BCUT2D eigenvalue weighted by atomic mass is 35.5. The van der Waals surface area contributed by atoms with E-state index in [1.54, 1.807) is 42.5 Å². The summed E-state index contributed by atoms with van der Waals surface area (Å²) >= 11 is 5.95. The molecule has 1 saturated carbocycles. The van der Waals surface area contributed by atoms with Gasteiger partial charge in [-0.2, -0.15) is 0 Å². The van der Waals surface area contributed by atoms with Gasteiger partial charge in [-0.25, -0.2) is 4.79 Å². The van der Waals surface area contributed by atoms with Crippen molar-refractivity contribution in [3.8, 4) is 16.9 Å². The zero-order valence-electron chi connectivity index (χ0n) is 19.9. The van der Waals surface area contributed by atoms with E-state index in [0.29, 0.717) is 22.8 Å². The van der Waals surface area contributed by atoms with Crippen LogP contribution in [0.3, 0.4) is 0 Å². The maximum Gasteiger partial charge on any atom is 0.338 e. The Morgan fingerprint density at radius 3 is 2.49 bits per heavy atom. The summed E-state index contributed by atoms with van der Waals surface area (Å²) in [6, 6.07) is 23.9. The Kier molecular flexibility index (Phi) is 7.37. The average molecular weight is 517 g/mol. The van der Waals surface area contributed by atoms with E-state index in [1.165, 1.54) is 6.08 Å². The van der Waals surface area contributed by atoms with Crippen LogP contribution >= 0.6 is 11.6 Å². The highest BCUT2D eigenvalue weighted by molar-refractivity contribution is 6.30. The summed E-state index contributed by atoms with van der Waals surface area (Å²) in [4.78, 5) is 37.3. The fourth-order valence-corrected chi connectivity index (χ4v) is 5.08. The Morgan fingerprint density at radius 2 is 1.73 bits per heavy atom. The van der Waals surface area contributed by atoms with Crippen LogP contribution < -0.4 is 4.74 Å². The summed E-state index contributed by atoms with van der Waals surface area (Å²) in [5.41, 5.74) is 2.49. The number of benzene rings is 3. The van der Waals surface area contributed by atoms with Crippen LogP contribution in [0, 0.1) is 11.8 Å². The van der Waals surface area contributed by atoms with E-state index >= 15 is 0 Å². The molecule has 3 aromatic carbocycles. The van der Waals surface area contributed by atoms with Gasteiger partial charge in [0, 0.05) is 23.3 Å². The highest BCUT2D eigenvalue weighted by Crippen LogP contribution is 2.43. The van der Waals surface area contributed by atoms with Crippen LogP contribution in [0.5, 0.6) is 5.75 Å². The van der Waals surface area contributed by atoms with Crippen LogP contribution in [0.4, 0.5) is 0 Å². The third kappa shape index (κ3) is 5.92. The summed E-state index contributed by atoms with van der Waals surface area (Å²) in [5, 5.41) is 0.516. The summed E-state index contributed by atoms with van der Waals surface area (Å²) in [7, 11) is 0. The van der Waals surface area contributed by atoms with E-state index in [2.05, 4.69) is 0 Å². The van der Waals surface area contributed by atoms with Crippen LogP contribution in [-0.4, -0.2) is 36.5 Å². The molecule has 188 valence electrons. The predicted molar refractivity (Wildman–Crippen MR) is 138 cm³/mol. The predicted octanol–water partition coefficient (Wildman–Crippen LogP) is 5.69. The quantitative estimate of drug-likeness (QED) is 0.283. The second-order valence-electron chi connectivity index (χ2n) is 9.17. The van der Waals surface area contributed by atoms with Crippen molar-refractivity contribution in [1.29, 1.82) is 0 Å². The molecule has 2 fully saturated rings. The topological polar surface area (TPSA) is 78.9 Å². The fourth-order valence-electron chi connectivity index (χ4n) is 4.90. The minimum Gasteiger partial charge on any atom is -0.485 e. The third-order valence-corrected chi connectivity index (χ3v) is 6.95. The van der Waals surface area contributed by atoms with Gasteiger partial charge in [0.15, 0.2) is 12.4 Å². The Bertz CT molecular complexity index is 1320. The zero-order chi connectivity index (χ0) is 25.8. The largest absolute Gasteiger partial charge is 0.485 e. The molecule has 4 atom stereocenters. The molecule has 1 aliphatic carbocycles. The average Bonchev–Trinajstić information content (AvgIpc) is 3.42. The summed E-state index contributed by atoms with van der Waals surface area (Å²) in [6.07, 6.45) is 2.92. The molecule has 2 aliphatic rings. The van der Waals surface area contributed by atoms with Crippen molar-refractivity contribution >= 4 is 29.3 Å². The van der Waals surface area contributed by atoms with Gasteiger partial charge in [-0.3, -0.25) is 9.59 Å². The summed E-state index contributed by atoms with van der Waals surface area (Å²) in [6.45, 7) is -0.161. The van der Waals surface area contributed by atoms with Crippen molar-refractivity contribution in [3.63, 3.8) is 0 Å². The van der Waals surface area contributed by atoms with Gasteiger partial charge in [-0.15, -0.1) is 0 Å². The smallest absolute Gasteiger partial charge is 0.338 e. The molecule has 6 nitrogen and oxygen atoms in total. The third-order valence-electron chi connectivity index (χ3n) is 6.72. The molecular weight excluding hydrogens is 492 g/mol. The molecule has 0 amide bonds. The van der Waals surface area contributed by atoms with Crippen molar-refractivity contribution in [3.05, 3.63) is 102 Å². The first-order valence-electron chi connectivity index (χ1n) is 12.1. The number of ketones is 1. The van der Waals surface area contributed by atoms with Gasteiger partial charge in [0.05, 0.1) is 12.0 Å². The normalized spacial score (nSPS) is 22.5. The summed E-state index contributed by atoms with van der Waals surface area (Å²) < 4.78 is 16.8. The van der Waals surface area contributed by atoms with Gasteiger partial charge < -0.3 is 14.2 Å². The number of esters is 2. The minimum absolute atomic E-state index is 0.149. The Hall–Kier alpha value is -3.90.